The number of amides is 1. The standard InChI is InChI=1S/C15H22N2O/c1-4-10(2)11(3)17-15(18)13-9-16-14-8-6-5-7-12(13)14/h5-8,10-11,13,16H,4,9H2,1-3H3,(H,17,18). The van der Waals surface area contributed by atoms with Gasteiger partial charge in [-0.15, -0.1) is 0 Å². The molecule has 1 aliphatic rings. The zero-order valence-electron chi connectivity index (χ0n) is 11.4. The van der Waals surface area contributed by atoms with Crippen molar-refractivity contribution in [1.29, 1.82) is 0 Å². The summed E-state index contributed by atoms with van der Waals surface area (Å²) in [5.41, 5.74) is 2.21. The van der Waals surface area contributed by atoms with Gasteiger partial charge >= 0.3 is 0 Å². The molecule has 1 amide bonds. The maximum atomic E-state index is 12.3. The van der Waals surface area contributed by atoms with Crippen molar-refractivity contribution in [1.82, 2.24) is 5.32 Å². The third kappa shape index (κ3) is 2.50. The average Bonchev–Trinajstić information content (AvgIpc) is 2.81. The summed E-state index contributed by atoms with van der Waals surface area (Å²) in [4.78, 5) is 12.3. The highest BCUT2D eigenvalue weighted by Crippen LogP contribution is 2.31. The Morgan fingerprint density at radius 3 is 2.89 bits per heavy atom. The summed E-state index contributed by atoms with van der Waals surface area (Å²) in [6.45, 7) is 7.12. The minimum Gasteiger partial charge on any atom is -0.384 e. The highest BCUT2D eigenvalue weighted by atomic mass is 16.2. The van der Waals surface area contributed by atoms with Gasteiger partial charge in [-0.2, -0.15) is 0 Å². The summed E-state index contributed by atoms with van der Waals surface area (Å²) in [6, 6.07) is 8.28. The number of anilines is 1. The van der Waals surface area contributed by atoms with E-state index in [0.717, 1.165) is 17.7 Å². The van der Waals surface area contributed by atoms with Gasteiger partial charge in [-0.1, -0.05) is 38.5 Å². The van der Waals surface area contributed by atoms with Crippen LogP contribution in [0.4, 0.5) is 5.69 Å². The van der Waals surface area contributed by atoms with E-state index in [1.807, 2.05) is 24.3 Å². The quantitative estimate of drug-likeness (QED) is 0.857. The summed E-state index contributed by atoms with van der Waals surface area (Å²) in [5.74, 6) is 0.603. The van der Waals surface area contributed by atoms with E-state index in [2.05, 4.69) is 31.4 Å². The molecule has 18 heavy (non-hydrogen) atoms. The van der Waals surface area contributed by atoms with Crippen molar-refractivity contribution in [3.63, 3.8) is 0 Å². The lowest BCUT2D eigenvalue weighted by Crippen LogP contribution is -2.40. The second-order valence-electron chi connectivity index (χ2n) is 5.20. The first-order valence-electron chi connectivity index (χ1n) is 6.76. The van der Waals surface area contributed by atoms with Gasteiger partial charge in [0.05, 0.1) is 5.92 Å². The summed E-state index contributed by atoms with van der Waals surface area (Å²) < 4.78 is 0. The van der Waals surface area contributed by atoms with Crippen molar-refractivity contribution in [3.8, 4) is 0 Å². The largest absolute Gasteiger partial charge is 0.384 e. The third-order valence-electron chi connectivity index (χ3n) is 4.02. The number of rotatable bonds is 4. The Morgan fingerprint density at radius 1 is 1.44 bits per heavy atom. The fourth-order valence-corrected chi connectivity index (χ4v) is 2.34. The first kappa shape index (κ1) is 12.9. The van der Waals surface area contributed by atoms with Crippen LogP contribution in [0.5, 0.6) is 0 Å². The van der Waals surface area contributed by atoms with Crippen molar-refractivity contribution in [3.05, 3.63) is 29.8 Å². The van der Waals surface area contributed by atoms with E-state index < -0.39 is 0 Å². The van der Waals surface area contributed by atoms with Crippen LogP contribution in [0.2, 0.25) is 0 Å². The van der Waals surface area contributed by atoms with E-state index in [4.69, 9.17) is 0 Å². The maximum Gasteiger partial charge on any atom is 0.229 e. The summed E-state index contributed by atoms with van der Waals surface area (Å²) >= 11 is 0. The normalized spacial score (nSPS) is 20.7. The monoisotopic (exact) mass is 246 g/mol. The SMILES string of the molecule is CCC(C)C(C)NC(=O)C1CNc2ccccc21. The molecule has 0 saturated carbocycles. The van der Waals surface area contributed by atoms with Crippen LogP contribution in [0.25, 0.3) is 0 Å². The summed E-state index contributed by atoms with van der Waals surface area (Å²) in [6.07, 6.45) is 1.08. The molecule has 2 rings (SSSR count). The van der Waals surface area contributed by atoms with Gasteiger partial charge in [-0.3, -0.25) is 4.79 Å². The number of nitrogens with one attached hydrogen (secondary N) is 2. The molecule has 1 aromatic carbocycles. The minimum absolute atomic E-state index is 0.0484. The molecule has 3 heteroatoms. The van der Waals surface area contributed by atoms with Crippen LogP contribution >= 0.6 is 0 Å². The molecule has 0 saturated heterocycles. The molecule has 3 atom stereocenters. The molecule has 2 N–H and O–H groups in total. The highest BCUT2D eigenvalue weighted by Gasteiger charge is 2.29. The van der Waals surface area contributed by atoms with Gasteiger partial charge in [-0.25, -0.2) is 0 Å². The molecule has 1 heterocycles. The molecule has 0 radical (unpaired) electrons. The Kier molecular flexibility index (Phi) is 3.90. The van der Waals surface area contributed by atoms with Crippen LogP contribution in [0.1, 0.15) is 38.7 Å². The highest BCUT2D eigenvalue weighted by molar-refractivity contribution is 5.88. The van der Waals surface area contributed by atoms with Gasteiger partial charge in [-0.05, 0) is 24.5 Å². The van der Waals surface area contributed by atoms with Crippen LogP contribution < -0.4 is 10.6 Å². The van der Waals surface area contributed by atoms with E-state index >= 15 is 0 Å². The number of benzene rings is 1. The Hall–Kier alpha value is -1.51. The number of para-hydroxylation sites is 1. The number of hydrogen-bond donors (Lipinski definition) is 2. The smallest absolute Gasteiger partial charge is 0.229 e. The molecular weight excluding hydrogens is 224 g/mol. The molecule has 0 spiro atoms. The van der Waals surface area contributed by atoms with E-state index in [0.29, 0.717) is 12.5 Å². The second kappa shape index (κ2) is 5.42. The predicted molar refractivity (Wildman–Crippen MR) is 74.7 cm³/mol. The molecule has 0 bridgehead atoms. The molecule has 0 aromatic heterocycles. The lowest BCUT2D eigenvalue weighted by atomic mass is 9.97. The Labute approximate surface area is 109 Å². The summed E-state index contributed by atoms with van der Waals surface area (Å²) in [7, 11) is 0. The molecule has 3 unspecified atom stereocenters. The molecule has 0 aliphatic carbocycles. The number of carbonyl (C=O) groups excluding carboxylic acids is 1. The number of fused-ring (bicyclic) bond motifs is 1. The molecule has 3 nitrogen and oxygen atoms in total. The average molecular weight is 246 g/mol. The van der Waals surface area contributed by atoms with Crippen LogP contribution in [0.3, 0.4) is 0 Å². The molecular formula is C15H22N2O. The van der Waals surface area contributed by atoms with Gasteiger partial charge in [0.25, 0.3) is 0 Å². The number of carbonyl (C=O) groups is 1. The first-order chi connectivity index (χ1) is 8.63. The van der Waals surface area contributed by atoms with Gasteiger partial charge in [0, 0.05) is 18.3 Å². The van der Waals surface area contributed by atoms with Gasteiger partial charge in [0.1, 0.15) is 0 Å². The second-order valence-corrected chi connectivity index (χ2v) is 5.20. The minimum atomic E-state index is -0.0484. The van der Waals surface area contributed by atoms with Crippen LogP contribution in [0.15, 0.2) is 24.3 Å². The van der Waals surface area contributed by atoms with E-state index in [1.54, 1.807) is 0 Å². The van der Waals surface area contributed by atoms with Crippen LogP contribution in [0, 0.1) is 5.92 Å². The van der Waals surface area contributed by atoms with Gasteiger partial charge < -0.3 is 10.6 Å². The van der Waals surface area contributed by atoms with Gasteiger partial charge in [0.2, 0.25) is 5.91 Å². The molecule has 98 valence electrons. The Balaban J connectivity index is 2.03. The maximum absolute atomic E-state index is 12.3. The molecule has 0 fully saturated rings. The van der Waals surface area contributed by atoms with Crippen molar-refractivity contribution < 1.29 is 4.79 Å². The fraction of sp³-hybridized carbons (Fsp3) is 0.533. The Morgan fingerprint density at radius 2 is 2.17 bits per heavy atom. The molecule has 1 aromatic rings. The van der Waals surface area contributed by atoms with Crippen LogP contribution in [-0.4, -0.2) is 18.5 Å². The fourth-order valence-electron chi connectivity index (χ4n) is 2.34. The Bertz CT molecular complexity index is 430. The zero-order chi connectivity index (χ0) is 13.1. The van der Waals surface area contributed by atoms with E-state index in [1.165, 1.54) is 0 Å². The lowest BCUT2D eigenvalue weighted by molar-refractivity contribution is -0.123. The summed E-state index contributed by atoms with van der Waals surface area (Å²) in [5, 5.41) is 6.42. The third-order valence-corrected chi connectivity index (χ3v) is 4.02. The first-order valence-corrected chi connectivity index (χ1v) is 6.76. The van der Waals surface area contributed by atoms with E-state index in [-0.39, 0.29) is 17.9 Å². The number of hydrogen-bond acceptors (Lipinski definition) is 2. The van der Waals surface area contributed by atoms with Crippen molar-refractivity contribution in [2.24, 2.45) is 5.92 Å². The predicted octanol–water partition coefficient (Wildman–Crippen LogP) is 2.75. The lowest BCUT2D eigenvalue weighted by Gasteiger charge is -2.22. The van der Waals surface area contributed by atoms with Crippen LogP contribution in [-0.2, 0) is 4.79 Å². The zero-order valence-corrected chi connectivity index (χ0v) is 11.4. The van der Waals surface area contributed by atoms with E-state index in [9.17, 15) is 4.79 Å². The van der Waals surface area contributed by atoms with Crippen molar-refractivity contribution >= 4 is 11.6 Å². The topological polar surface area (TPSA) is 41.1 Å². The van der Waals surface area contributed by atoms with Gasteiger partial charge in [0.15, 0.2) is 0 Å². The molecule has 1 aliphatic heterocycles. The van der Waals surface area contributed by atoms with Crippen molar-refractivity contribution in [2.45, 2.75) is 39.2 Å². The van der Waals surface area contributed by atoms with Crippen molar-refractivity contribution in [2.75, 3.05) is 11.9 Å².